The molecule has 0 aromatic heterocycles. The van der Waals surface area contributed by atoms with Crippen molar-refractivity contribution in [3.8, 4) is 0 Å². The molecule has 1 saturated carbocycles. The molecule has 0 heterocycles. The smallest absolute Gasteiger partial charge is 0.303 e. The minimum Gasteiger partial charge on any atom is -0.481 e. The number of aliphatic carboxylic acids is 2. The molecule has 4 heteroatoms. The molecule has 2 N–H and O–H groups in total. The van der Waals surface area contributed by atoms with E-state index in [1.165, 1.54) is 115 Å². The van der Waals surface area contributed by atoms with Crippen LogP contribution >= 0.6 is 0 Å². The van der Waals surface area contributed by atoms with Gasteiger partial charge in [0.05, 0.1) is 0 Å². The lowest BCUT2D eigenvalue weighted by Crippen LogP contribution is -2.04. The highest BCUT2D eigenvalue weighted by Crippen LogP contribution is 2.22. The van der Waals surface area contributed by atoms with Gasteiger partial charge in [-0.05, 0) is 42.6 Å². The summed E-state index contributed by atoms with van der Waals surface area (Å²) in [7, 11) is 0. The number of carboxylic acid groups (broad SMARTS) is 2. The summed E-state index contributed by atoms with van der Waals surface area (Å²) in [5, 5.41) is 16.6. The van der Waals surface area contributed by atoms with Gasteiger partial charge in [-0.3, -0.25) is 9.59 Å². The van der Waals surface area contributed by atoms with Crippen molar-refractivity contribution in [2.45, 2.75) is 197 Å². The van der Waals surface area contributed by atoms with Crippen LogP contribution in [0.2, 0.25) is 0 Å². The molecule has 0 unspecified atom stereocenters. The molecular weight excluding hydrogens is 556 g/mol. The Morgan fingerprint density at radius 3 is 1.42 bits per heavy atom. The average Bonchev–Trinajstić information content (AvgIpc) is 3.05. The van der Waals surface area contributed by atoms with E-state index >= 15 is 0 Å². The van der Waals surface area contributed by atoms with Gasteiger partial charge in [0.2, 0.25) is 0 Å². The maximum atomic E-state index is 10.1. The van der Waals surface area contributed by atoms with Crippen LogP contribution in [0.15, 0.2) is 30.3 Å². The Bertz CT molecular complexity index is 683. The molecule has 0 spiro atoms. The van der Waals surface area contributed by atoms with Crippen LogP contribution in [0.3, 0.4) is 0 Å². The number of benzene rings is 1. The van der Waals surface area contributed by atoms with Gasteiger partial charge in [0.1, 0.15) is 0 Å². The summed E-state index contributed by atoms with van der Waals surface area (Å²) in [6.45, 7) is 17.8. The molecule has 1 aromatic carbocycles. The van der Waals surface area contributed by atoms with Crippen molar-refractivity contribution in [2.75, 3.05) is 0 Å². The molecule has 0 amide bonds. The second kappa shape index (κ2) is 38.3. The zero-order valence-electron chi connectivity index (χ0n) is 31.4. The number of rotatable bonds is 18. The monoisotopic (exact) mass is 635 g/mol. The molecule has 0 aliphatic heterocycles. The first-order valence-corrected chi connectivity index (χ1v) is 19.1. The maximum absolute atomic E-state index is 10.1. The topological polar surface area (TPSA) is 74.6 Å². The second-order valence-corrected chi connectivity index (χ2v) is 13.1. The lowest BCUT2D eigenvalue weighted by molar-refractivity contribution is -0.137. The van der Waals surface area contributed by atoms with Crippen LogP contribution in [-0.2, 0) is 16.0 Å². The van der Waals surface area contributed by atoms with E-state index in [-0.39, 0.29) is 18.8 Å². The van der Waals surface area contributed by atoms with Crippen molar-refractivity contribution >= 4 is 11.9 Å². The highest BCUT2D eigenvalue weighted by atomic mass is 16.4. The standard InChI is InChI=1S/2C9H20.C8H14O4.C8H10.C7H14/c1-4-7-8-9(5-2)6-3;1-3-5-7-9-8-6-4-2;1-6(2-4-7(9)10)3-5-8(11)12;1-2-8-6-4-3-5-7-8;1-7-5-3-2-4-6-7/h9H,4-8H2,1-3H3;3-9H2,1-2H3;6H,2-5H2,1H3,(H,9,10)(H,11,12);3-7H,2H2,1H3;7H,2-6H2,1H3. The second-order valence-electron chi connectivity index (χ2n) is 13.1. The number of hydrogen-bond acceptors (Lipinski definition) is 2. The number of aryl methyl sites for hydroxylation is 1. The Morgan fingerprint density at radius 1 is 0.667 bits per heavy atom. The molecule has 0 radical (unpaired) electrons. The summed E-state index contributed by atoms with van der Waals surface area (Å²) in [4.78, 5) is 20.3. The summed E-state index contributed by atoms with van der Waals surface area (Å²) >= 11 is 0. The zero-order valence-corrected chi connectivity index (χ0v) is 31.4. The molecule has 1 aromatic rings. The van der Waals surface area contributed by atoms with E-state index in [2.05, 4.69) is 72.7 Å². The largest absolute Gasteiger partial charge is 0.481 e. The summed E-state index contributed by atoms with van der Waals surface area (Å²) in [5.41, 5.74) is 1.41. The first kappa shape index (κ1) is 47.6. The molecule has 1 aliphatic carbocycles. The highest BCUT2D eigenvalue weighted by Gasteiger charge is 2.07. The van der Waals surface area contributed by atoms with Crippen LogP contribution < -0.4 is 0 Å². The quantitative estimate of drug-likeness (QED) is 0.158. The zero-order chi connectivity index (χ0) is 34.6. The molecule has 0 atom stereocenters. The first-order valence-electron chi connectivity index (χ1n) is 19.1. The Kier molecular flexibility index (Phi) is 40.5. The third kappa shape index (κ3) is 42.2. The van der Waals surface area contributed by atoms with E-state index in [9.17, 15) is 9.59 Å². The Hall–Kier alpha value is -1.84. The molecule has 1 fully saturated rings. The van der Waals surface area contributed by atoms with Crippen molar-refractivity contribution in [2.24, 2.45) is 17.8 Å². The van der Waals surface area contributed by atoms with E-state index in [1.807, 2.05) is 13.0 Å². The van der Waals surface area contributed by atoms with Crippen LogP contribution in [0.4, 0.5) is 0 Å². The van der Waals surface area contributed by atoms with Gasteiger partial charge in [0, 0.05) is 12.8 Å². The van der Waals surface area contributed by atoms with Gasteiger partial charge >= 0.3 is 11.9 Å². The highest BCUT2D eigenvalue weighted by molar-refractivity contribution is 5.67. The fourth-order valence-corrected chi connectivity index (χ4v) is 5.12. The molecule has 0 bridgehead atoms. The van der Waals surface area contributed by atoms with Crippen molar-refractivity contribution in [1.29, 1.82) is 0 Å². The third-order valence-corrected chi connectivity index (χ3v) is 8.67. The molecule has 4 nitrogen and oxygen atoms in total. The van der Waals surface area contributed by atoms with E-state index < -0.39 is 11.9 Å². The Morgan fingerprint density at radius 2 is 1.11 bits per heavy atom. The van der Waals surface area contributed by atoms with Gasteiger partial charge in [0.25, 0.3) is 0 Å². The number of carbonyl (C=O) groups is 2. The third-order valence-electron chi connectivity index (χ3n) is 8.67. The van der Waals surface area contributed by atoms with Crippen LogP contribution in [0.25, 0.3) is 0 Å². The van der Waals surface area contributed by atoms with Gasteiger partial charge in [-0.25, -0.2) is 0 Å². The first-order chi connectivity index (χ1) is 21.6. The lowest BCUT2D eigenvalue weighted by Gasteiger charge is -2.15. The lowest BCUT2D eigenvalue weighted by atomic mass is 9.91. The fraction of sp³-hybridized carbons (Fsp3) is 0.805. The summed E-state index contributed by atoms with van der Waals surface area (Å²) in [5.74, 6) is 0.574. The van der Waals surface area contributed by atoms with Crippen LogP contribution in [0.5, 0.6) is 0 Å². The van der Waals surface area contributed by atoms with E-state index in [1.54, 1.807) is 0 Å². The van der Waals surface area contributed by atoms with Crippen LogP contribution in [0, 0.1) is 17.8 Å². The summed E-state index contributed by atoms with van der Waals surface area (Å²) < 4.78 is 0. The van der Waals surface area contributed by atoms with Gasteiger partial charge in [0.15, 0.2) is 0 Å². The minimum atomic E-state index is -0.822. The van der Waals surface area contributed by atoms with Gasteiger partial charge < -0.3 is 10.2 Å². The Balaban J connectivity index is -0.000000495. The van der Waals surface area contributed by atoms with Crippen LogP contribution in [0.1, 0.15) is 196 Å². The predicted molar refractivity (Wildman–Crippen MR) is 198 cm³/mol. The van der Waals surface area contributed by atoms with Crippen LogP contribution in [-0.4, -0.2) is 22.2 Å². The summed E-state index contributed by atoms with van der Waals surface area (Å²) in [6.07, 6.45) is 26.9. The average molecular weight is 635 g/mol. The van der Waals surface area contributed by atoms with Crippen molar-refractivity contribution < 1.29 is 19.8 Å². The molecule has 2 rings (SSSR count). The Labute approximate surface area is 281 Å². The number of unbranched alkanes of at least 4 members (excludes halogenated alkanes) is 7. The van der Waals surface area contributed by atoms with Crippen molar-refractivity contribution in [3.05, 3.63) is 35.9 Å². The molecule has 1 aliphatic rings. The van der Waals surface area contributed by atoms with Crippen molar-refractivity contribution in [1.82, 2.24) is 0 Å². The number of carboxylic acids is 2. The molecule has 0 saturated heterocycles. The SMILES string of the molecule is CC(CCC(=O)O)CCC(=O)O.CC1CCCCC1.CCCCC(CC)CC.CCCCCCCCC.CCc1ccccc1. The van der Waals surface area contributed by atoms with E-state index in [0.29, 0.717) is 12.8 Å². The van der Waals surface area contributed by atoms with Crippen molar-refractivity contribution in [3.63, 3.8) is 0 Å². The molecular formula is C41H78O4. The predicted octanol–water partition coefficient (Wildman–Crippen LogP) is 13.6. The molecule has 45 heavy (non-hydrogen) atoms. The maximum Gasteiger partial charge on any atom is 0.303 e. The molecule has 266 valence electrons. The summed E-state index contributed by atoms with van der Waals surface area (Å²) in [6, 6.07) is 10.5. The normalized spacial score (nSPS) is 12.4. The van der Waals surface area contributed by atoms with E-state index in [4.69, 9.17) is 10.2 Å². The minimum absolute atomic E-state index is 0.126. The van der Waals surface area contributed by atoms with E-state index in [0.717, 1.165) is 18.3 Å². The number of hydrogen-bond donors (Lipinski definition) is 2. The van der Waals surface area contributed by atoms with Gasteiger partial charge in [-0.2, -0.15) is 0 Å². The van der Waals surface area contributed by atoms with Gasteiger partial charge in [-0.15, -0.1) is 0 Å². The fourth-order valence-electron chi connectivity index (χ4n) is 5.12. The van der Waals surface area contributed by atoms with Gasteiger partial charge in [-0.1, -0.05) is 195 Å².